The van der Waals surface area contributed by atoms with Crippen molar-refractivity contribution in [1.29, 1.82) is 0 Å². The number of aromatic nitrogens is 2. The molecule has 2 aromatic rings. The first-order chi connectivity index (χ1) is 10.3. The summed E-state index contributed by atoms with van der Waals surface area (Å²) in [6.07, 6.45) is 2.22. The number of carbonyl (C=O) groups excluding carboxylic acids is 1. The second-order valence-electron chi connectivity index (χ2n) is 4.35. The lowest BCUT2D eigenvalue weighted by molar-refractivity contribution is -0.116. The van der Waals surface area contributed by atoms with Gasteiger partial charge in [0.25, 0.3) is 0 Å². The Labute approximate surface area is 132 Å². The number of nitrogens with two attached hydrogens (primary N) is 1. The molecule has 0 spiro atoms. The van der Waals surface area contributed by atoms with Crippen molar-refractivity contribution in [2.24, 2.45) is 5.73 Å². The molecule has 1 heterocycles. The average Bonchev–Trinajstić information content (AvgIpc) is 2.92. The van der Waals surface area contributed by atoms with Gasteiger partial charge in [-0.05, 0) is 24.3 Å². The van der Waals surface area contributed by atoms with Crippen LogP contribution in [0.5, 0.6) is 0 Å². The maximum Gasteiger partial charge on any atom is 0.227 e. The lowest BCUT2D eigenvalue weighted by atomic mass is 10.4. The van der Waals surface area contributed by atoms with Gasteiger partial charge in [0.1, 0.15) is 5.01 Å². The van der Waals surface area contributed by atoms with E-state index in [0.717, 1.165) is 23.6 Å². The first-order valence-corrected chi connectivity index (χ1v) is 8.58. The van der Waals surface area contributed by atoms with Crippen molar-refractivity contribution >= 4 is 34.1 Å². The van der Waals surface area contributed by atoms with Crippen LogP contribution in [0.1, 0.15) is 17.8 Å². The summed E-state index contributed by atoms with van der Waals surface area (Å²) in [5, 5.41) is 12.3. The van der Waals surface area contributed by atoms with E-state index in [2.05, 4.69) is 27.6 Å². The zero-order valence-electron chi connectivity index (χ0n) is 11.6. The molecular weight excluding hydrogens is 304 g/mol. The summed E-state index contributed by atoms with van der Waals surface area (Å²) in [5.41, 5.74) is 5.32. The summed E-state index contributed by atoms with van der Waals surface area (Å²) in [7, 11) is 0. The van der Waals surface area contributed by atoms with Gasteiger partial charge in [0, 0.05) is 24.3 Å². The van der Waals surface area contributed by atoms with Crippen molar-refractivity contribution in [3.63, 3.8) is 0 Å². The van der Waals surface area contributed by atoms with Crippen molar-refractivity contribution in [2.75, 3.05) is 17.6 Å². The molecule has 0 saturated heterocycles. The maximum atomic E-state index is 11.4. The minimum atomic E-state index is -0.111. The van der Waals surface area contributed by atoms with Gasteiger partial charge >= 0.3 is 0 Å². The van der Waals surface area contributed by atoms with E-state index in [4.69, 9.17) is 5.73 Å². The highest BCUT2D eigenvalue weighted by Gasteiger charge is 2.07. The number of nitrogens with one attached hydrogen (secondary N) is 1. The third kappa shape index (κ3) is 5.82. The summed E-state index contributed by atoms with van der Waals surface area (Å²) in [6.45, 7) is 0.341. The van der Waals surface area contributed by atoms with E-state index >= 15 is 0 Å². The SMILES string of the molecule is NCCC(=O)Nc1nnc(CCCSc2ccccc2)s1. The minimum Gasteiger partial charge on any atom is -0.330 e. The second kappa shape index (κ2) is 8.76. The zero-order chi connectivity index (χ0) is 14.9. The molecule has 0 aliphatic rings. The number of nitrogens with zero attached hydrogens (tertiary/aromatic N) is 2. The molecule has 21 heavy (non-hydrogen) atoms. The molecular formula is C14H18N4OS2. The highest BCUT2D eigenvalue weighted by atomic mass is 32.2. The lowest BCUT2D eigenvalue weighted by Gasteiger charge is -1.99. The number of rotatable bonds is 8. The predicted octanol–water partition coefficient (Wildman–Crippen LogP) is 2.55. The Morgan fingerprint density at radius 1 is 1.29 bits per heavy atom. The molecule has 0 saturated carbocycles. The van der Waals surface area contributed by atoms with Crippen LogP contribution in [0.3, 0.4) is 0 Å². The number of carbonyl (C=O) groups is 1. The molecule has 1 aromatic carbocycles. The Kier molecular flexibility index (Phi) is 6.65. The highest BCUT2D eigenvalue weighted by molar-refractivity contribution is 7.99. The standard InChI is InChI=1S/C14H18N4OS2/c15-9-8-12(19)16-14-18-17-13(21-14)7-4-10-20-11-5-2-1-3-6-11/h1-3,5-6H,4,7-10,15H2,(H,16,18,19). The van der Waals surface area contributed by atoms with Gasteiger partial charge in [-0.25, -0.2) is 0 Å². The fraction of sp³-hybridized carbons (Fsp3) is 0.357. The monoisotopic (exact) mass is 322 g/mol. The van der Waals surface area contributed by atoms with Crippen molar-refractivity contribution in [2.45, 2.75) is 24.2 Å². The smallest absolute Gasteiger partial charge is 0.227 e. The molecule has 1 aromatic heterocycles. The van der Waals surface area contributed by atoms with Crippen molar-refractivity contribution in [1.82, 2.24) is 10.2 Å². The number of hydrogen-bond donors (Lipinski definition) is 2. The number of aryl methyl sites for hydroxylation is 1. The Hall–Kier alpha value is -1.44. The van der Waals surface area contributed by atoms with Crippen LogP contribution in [0.15, 0.2) is 35.2 Å². The first-order valence-electron chi connectivity index (χ1n) is 6.78. The molecule has 3 N–H and O–H groups in total. The normalized spacial score (nSPS) is 10.5. The van der Waals surface area contributed by atoms with Gasteiger partial charge in [-0.15, -0.1) is 22.0 Å². The summed E-state index contributed by atoms with van der Waals surface area (Å²) in [6, 6.07) is 10.3. The van der Waals surface area contributed by atoms with Gasteiger partial charge in [-0.1, -0.05) is 29.5 Å². The van der Waals surface area contributed by atoms with Gasteiger partial charge in [0.15, 0.2) is 0 Å². The van der Waals surface area contributed by atoms with Gasteiger partial charge in [0.2, 0.25) is 11.0 Å². The molecule has 0 atom stereocenters. The van der Waals surface area contributed by atoms with Crippen LogP contribution in [0.25, 0.3) is 0 Å². The van der Waals surface area contributed by atoms with Crippen molar-refractivity contribution in [3.05, 3.63) is 35.3 Å². The first kappa shape index (κ1) is 15.9. The Bertz CT molecular complexity index is 559. The summed E-state index contributed by atoms with van der Waals surface area (Å²) in [5.74, 6) is 0.929. The van der Waals surface area contributed by atoms with Crippen LogP contribution in [0.4, 0.5) is 5.13 Å². The number of thioether (sulfide) groups is 1. The average molecular weight is 322 g/mol. The third-order valence-electron chi connectivity index (χ3n) is 2.63. The lowest BCUT2D eigenvalue weighted by Crippen LogP contribution is -2.15. The molecule has 1 amide bonds. The van der Waals surface area contributed by atoms with E-state index in [1.807, 2.05) is 30.0 Å². The molecule has 7 heteroatoms. The van der Waals surface area contributed by atoms with E-state index < -0.39 is 0 Å². The fourth-order valence-electron chi connectivity index (χ4n) is 1.65. The second-order valence-corrected chi connectivity index (χ2v) is 6.58. The van der Waals surface area contributed by atoms with E-state index in [1.165, 1.54) is 16.2 Å². The van der Waals surface area contributed by atoms with Crippen LogP contribution in [0.2, 0.25) is 0 Å². The van der Waals surface area contributed by atoms with Crippen LogP contribution >= 0.6 is 23.1 Å². The summed E-state index contributed by atoms with van der Waals surface area (Å²) >= 11 is 3.27. The number of amides is 1. The van der Waals surface area contributed by atoms with Gasteiger partial charge < -0.3 is 11.1 Å². The zero-order valence-corrected chi connectivity index (χ0v) is 13.3. The molecule has 112 valence electrons. The Morgan fingerprint density at radius 2 is 2.10 bits per heavy atom. The van der Waals surface area contributed by atoms with Crippen molar-refractivity contribution in [3.8, 4) is 0 Å². The van der Waals surface area contributed by atoms with E-state index in [-0.39, 0.29) is 5.91 Å². The minimum absolute atomic E-state index is 0.111. The predicted molar refractivity (Wildman–Crippen MR) is 87.7 cm³/mol. The Morgan fingerprint density at radius 3 is 2.86 bits per heavy atom. The summed E-state index contributed by atoms with van der Waals surface area (Å²) < 4.78 is 0. The van der Waals surface area contributed by atoms with Gasteiger partial charge in [-0.3, -0.25) is 4.79 Å². The highest BCUT2D eigenvalue weighted by Crippen LogP contribution is 2.21. The third-order valence-corrected chi connectivity index (χ3v) is 4.63. The number of hydrogen-bond acceptors (Lipinski definition) is 6. The summed E-state index contributed by atoms with van der Waals surface area (Å²) in [4.78, 5) is 12.7. The molecule has 0 aliphatic heterocycles. The van der Waals surface area contributed by atoms with Crippen LogP contribution in [0, 0.1) is 0 Å². The molecule has 0 bridgehead atoms. The molecule has 0 unspecified atom stereocenters. The van der Waals surface area contributed by atoms with E-state index in [9.17, 15) is 4.79 Å². The molecule has 2 rings (SSSR count). The maximum absolute atomic E-state index is 11.4. The molecule has 0 aliphatic carbocycles. The van der Waals surface area contributed by atoms with Crippen LogP contribution in [-0.2, 0) is 11.2 Å². The van der Waals surface area contributed by atoms with E-state index in [0.29, 0.717) is 18.1 Å². The number of benzene rings is 1. The molecule has 0 fully saturated rings. The topological polar surface area (TPSA) is 80.9 Å². The van der Waals surface area contributed by atoms with Crippen LogP contribution < -0.4 is 11.1 Å². The quantitative estimate of drug-likeness (QED) is 0.576. The molecule has 5 nitrogen and oxygen atoms in total. The Balaban J connectivity index is 1.69. The fourth-order valence-corrected chi connectivity index (χ4v) is 3.32. The largest absolute Gasteiger partial charge is 0.330 e. The van der Waals surface area contributed by atoms with Gasteiger partial charge in [-0.2, -0.15) is 0 Å². The molecule has 0 radical (unpaired) electrons. The van der Waals surface area contributed by atoms with Gasteiger partial charge in [0.05, 0.1) is 0 Å². The van der Waals surface area contributed by atoms with E-state index in [1.54, 1.807) is 0 Å². The number of anilines is 1. The van der Waals surface area contributed by atoms with Crippen molar-refractivity contribution < 1.29 is 4.79 Å². The van der Waals surface area contributed by atoms with Crippen LogP contribution in [-0.4, -0.2) is 28.4 Å².